The van der Waals surface area contributed by atoms with Gasteiger partial charge < -0.3 is 10.2 Å². The van der Waals surface area contributed by atoms with Gasteiger partial charge in [-0.05, 0) is 38.1 Å². The van der Waals surface area contributed by atoms with E-state index in [-0.39, 0.29) is 12.1 Å². The van der Waals surface area contributed by atoms with Gasteiger partial charge in [-0.1, -0.05) is 36.8 Å². The van der Waals surface area contributed by atoms with E-state index < -0.39 is 0 Å². The molecule has 0 amide bonds. The Morgan fingerprint density at radius 1 is 1.20 bits per heavy atom. The van der Waals surface area contributed by atoms with Crippen molar-refractivity contribution in [2.45, 2.75) is 39.4 Å². The van der Waals surface area contributed by atoms with Crippen LogP contribution in [0.2, 0.25) is 0 Å². The van der Waals surface area contributed by atoms with Gasteiger partial charge in [-0.3, -0.25) is 4.90 Å². The Morgan fingerprint density at radius 3 is 2.40 bits per heavy atom. The van der Waals surface area contributed by atoms with Gasteiger partial charge in [0.1, 0.15) is 5.76 Å². The summed E-state index contributed by atoms with van der Waals surface area (Å²) in [7, 11) is 0. The maximum Gasteiger partial charge on any atom is 0.117 e. The molecule has 20 heavy (non-hydrogen) atoms. The number of rotatable bonds is 6. The van der Waals surface area contributed by atoms with E-state index in [1.54, 1.807) is 6.26 Å². The third-order valence-corrected chi connectivity index (χ3v) is 3.66. The summed E-state index contributed by atoms with van der Waals surface area (Å²) < 4.78 is 5.47. The van der Waals surface area contributed by atoms with Crippen molar-refractivity contribution in [3.8, 4) is 0 Å². The van der Waals surface area contributed by atoms with Gasteiger partial charge in [-0.2, -0.15) is 0 Å². The summed E-state index contributed by atoms with van der Waals surface area (Å²) in [5.74, 6) is 0.976. The first-order valence-electron chi connectivity index (χ1n) is 7.20. The Labute approximate surface area is 121 Å². The van der Waals surface area contributed by atoms with Gasteiger partial charge in [0, 0.05) is 6.04 Å². The van der Waals surface area contributed by atoms with Gasteiger partial charge in [0.2, 0.25) is 0 Å². The van der Waals surface area contributed by atoms with E-state index in [9.17, 15) is 0 Å². The predicted molar refractivity (Wildman–Crippen MR) is 82.4 cm³/mol. The van der Waals surface area contributed by atoms with Crippen LogP contribution in [0.1, 0.15) is 36.8 Å². The molecule has 0 bridgehead atoms. The van der Waals surface area contributed by atoms with Gasteiger partial charge in [-0.25, -0.2) is 0 Å². The van der Waals surface area contributed by atoms with Gasteiger partial charge in [0.25, 0.3) is 0 Å². The molecule has 2 unspecified atom stereocenters. The molecule has 2 aromatic rings. The van der Waals surface area contributed by atoms with Crippen LogP contribution in [0.3, 0.4) is 0 Å². The second kappa shape index (κ2) is 6.73. The van der Waals surface area contributed by atoms with E-state index in [0.29, 0.717) is 0 Å². The number of aryl methyl sites for hydroxylation is 1. The van der Waals surface area contributed by atoms with Crippen molar-refractivity contribution in [3.63, 3.8) is 0 Å². The van der Waals surface area contributed by atoms with E-state index in [1.807, 2.05) is 12.1 Å². The van der Waals surface area contributed by atoms with Crippen molar-refractivity contribution >= 4 is 0 Å². The summed E-state index contributed by atoms with van der Waals surface area (Å²) in [4.78, 5) is 2.36. The summed E-state index contributed by atoms with van der Waals surface area (Å²) in [6, 6.07) is 12.8. The molecule has 1 heterocycles. The first-order chi connectivity index (χ1) is 9.61. The second-order valence-corrected chi connectivity index (χ2v) is 5.36. The van der Waals surface area contributed by atoms with Gasteiger partial charge in [-0.15, -0.1) is 0 Å². The Morgan fingerprint density at radius 2 is 1.90 bits per heavy atom. The lowest BCUT2D eigenvalue weighted by Crippen LogP contribution is -2.39. The second-order valence-electron chi connectivity index (χ2n) is 5.36. The molecule has 2 N–H and O–H groups in total. The van der Waals surface area contributed by atoms with Crippen LogP contribution in [0.4, 0.5) is 0 Å². The van der Waals surface area contributed by atoms with E-state index in [4.69, 9.17) is 10.2 Å². The quantitative estimate of drug-likeness (QED) is 0.875. The SMILES string of the molecule is CCN(Cc1ccco1)C(c1ccc(C)cc1)C(C)N. The molecule has 1 aromatic carbocycles. The van der Waals surface area contributed by atoms with Crippen LogP contribution in [-0.4, -0.2) is 17.5 Å². The van der Waals surface area contributed by atoms with Crippen LogP contribution in [0.5, 0.6) is 0 Å². The van der Waals surface area contributed by atoms with Crippen LogP contribution in [0.15, 0.2) is 47.1 Å². The number of benzene rings is 1. The van der Waals surface area contributed by atoms with Crippen LogP contribution < -0.4 is 5.73 Å². The fourth-order valence-corrected chi connectivity index (χ4v) is 2.62. The molecule has 3 nitrogen and oxygen atoms in total. The maximum absolute atomic E-state index is 6.24. The molecular weight excluding hydrogens is 248 g/mol. The lowest BCUT2D eigenvalue weighted by Gasteiger charge is -2.33. The molecule has 0 aliphatic heterocycles. The van der Waals surface area contributed by atoms with E-state index >= 15 is 0 Å². The van der Waals surface area contributed by atoms with E-state index in [0.717, 1.165) is 18.8 Å². The van der Waals surface area contributed by atoms with E-state index in [1.165, 1.54) is 11.1 Å². The van der Waals surface area contributed by atoms with Crippen molar-refractivity contribution in [1.82, 2.24) is 4.90 Å². The van der Waals surface area contributed by atoms with E-state index in [2.05, 4.69) is 49.9 Å². The van der Waals surface area contributed by atoms with Crippen molar-refractivity contribution < 1.29 is 4.42 Å². The molecule has 0 spiro atoms. The van der Waals surface area contributed by atoms with Crippen LogP contribution in [0, 0.1) is 6.92 Å². The summed E-state index contributed by atoms with van der Waals surface area (Å²) in [5, 5.41) is 0. The minimum Gasteiger partial charge on any atom is -0.468 e. The maximum atomic E-state index is 6.24. The minimum absolute atomic E-state index is 0.0626. The minimum atomic E-state index is 0.0626. The molecule has 0 saturated heterocycles. The van der Waals surface area contributed by atoms with Crippen molar-refractivity contribution in [2.24, 2.45) is 5.73 Å². The fraction of sp³-hybridized carbons (Fsp3) is 0.412. The lowest BCUT2D eigenvalue weighted by atomic mass is 9.98. The number of nitrogens with zero attached hydrogens (tertiary/aromatic N) is 1. The molecule has 2 atom stereocenters. The zero-order valence-electron chi connectivity index (χ0n) is 12.5. The lowest BCUT2D eigenvalue weighted by molar-refractivity contribution is 0.164. The Balaban J connectivity index is 2.23. The number of likely N-dealkylation sites (N-methyl/N-ethyl adjacent to an activating group) is 1. The largest absolute Gasteiger partial charge is 0.468 e. The summed E-state index contributed by atoms with van der Waals surface area (Å²) >= 11 is 0. The molecule has 3 heteroatoms. The zero-order chi connectivity index (χ0) is 14.5. The monoisotopic (exact) mass is 272 g/mol. The van der Waals surface area contributed by atoms with Crippen LogP contribution >= 0.6 is 0 Å². The predicted octanol–water partition coefficient (Wildman–Crippen LogP) is 3.50. The molecule has 0 radical (unpaired) electrons. The molecular formula is C17H24N2O. The molecule has 2 rings (SSSR count). The van der Waals surface area contributed by atoms with Gasteiger partial charge >= 0.3 is 0 Å². The summed E-state index contributed by atoms with van der Waals surface area (Å²) in [6.45, 7) is 8.04. The molecule has 108 valence electrons. The summed E-state index contributed by atoms with van der Waals surface area (Å²) in [5.41, 5.74) is 8.77. The first kappa shape index (κ1) is 14.8. The highest BCUT2D eigenvalue weighted by molar-refractivity contribution is 5.25. The third-order valence-electron chi connectivity index (χ3n) is 3.66. The van der Waals surface area contributed by atoms with Crippen LogP contribution in [-0.2, 0) is 6.54 Å². The van der Waals surface area contributed by atoms with Crippen molar-refractivity contribution in [1.29, 1.82) is 0 Å². The molecule has 0 aliphatic rings. The summed E-state index contributed by atoms with van der Waals surface area (Å²) in [6.07, 6.45) is 1.72. The third kappa shape index (κ3) is 3.50. The van der Waals surface area contributed by atoms with Crippen LogP contribution in [0.25, 0.3) is 0 Å². The average Bonchev–Trinajstić information content (AvgIpc) is 2.92. The molecule has 1 aromatic heterocycles. The molecule has 0 saturated carbocycles. The van der Waals surface area contributed by atoms with Gasteiger partial charge in [0.05, 0.1) is 18.8 Å². The number of furan rings is 1. The fourth-order valence-electron chi connectivity index (χ4n) is 2.62. The number of nitrogens with two attached hydrogens (primary N) is 1. The molecule has 0 fully saturated rings. The van der Waals surface area contributed by atoms with Crippen molar-refractivity contribution in [2.75, 3.05) is 6.54 Å². The first-order valence-corrected chi connectivity index (χ1v) is 7.20. The number of hydrogen-bond acceptors (Lipinski definition) is 3. The normalized spacial score (nSPS) is 14.4. The average molecular weight is 272 g/mol. The highest BCUT2D eigenvalue weighted by Gasteiger charge is 2.23. The topological polar surface area (TPSA) is 42.4 Å². The Kier molecular flexibility index (Phi) is 4.99. The molecule has 0 aliphatic carbocycles. The zero-order valence-corrected chi connectivity index (χ0v) is 12.5. The van der Waals surface area contributed by atoms with Gasteiger partial charge in [0.15, 0.2) is 0 Å². The highest BCUT2D eigenvalue weighted by atomic mass is 16.3. The number of hydrogen-bond donors (Lipinski definition) is 1. The standard InChI is InChI=1S/C17H24N2O/c1-4-19(12-16-6-5-11-20-16)17(14(3)18)15-9-7-13(2)8-10-15/h5-11,14,17H,4,12,18H2,1-3H3. The Bertz CT molecular complexity index is 502. The highest BCUT2D eigenvalue weighted by Crippen LogP contribution is 2.25. The smallest absolute Gasteiger partial charge is 0.117 e. The van der Waals surface area contributed by atoms with Crippen molar-refractivity contribution in [3.05, 3.63) is 59.5 Å². The Hall–Kier alpha value is -1.58.